The summed E-state index contributed by atoms with van der Waals surface area (Å²) in [6.07, 6.45) is -0.840. The number of guanidine groups is 1. The number of rotatable bonds is 7. The molecule has 2 aromatic rings. The lowest BCUT2D eigenvalue weighted by molar-refractivity contribution is 0.114. The topological polar surface area (TPSA) is 89.1 Å². The van der Waals surface area contributed by atoms with Crippen LogP contribution in [0, 0.1) is 5.82 Å². The Labute approximate surface area is 139 Å². The van der Waals surface area contributed by atoms with Gasteiger partial charge >= 0.3 is 0 Å². The summed E-state index contributed by atoms with van der Waals surface area (Å²) < 4.78 is 23.3. The lowest BCUT2D eigenvalue weighted by atomic mass is 10.3. The van der Waals surface area contributed by atoms with E-state index in [9.17, 15) is 9.50 Å². The van der Waals surface area contributed by atoms with E-state index in [-0.39, 0.29) is 24.9 Å². The third-order valence-electron chi connectivity index (χ3n) is 3.10. The van der Waals surface area contributed by atoms with Crippen LogP contribution in [0.5, 0.6) is 11.5 Å². The van der Waals surface area contributed by atoms with Crippen molar-refractivity contribution < 1.29 is 19.0 Å². The maximum Gasteiger partial charge on any atom is 0.193 e. The number of para-hydroxylation sites is 2. The zero-order chi connectivity index (χ0) is 17.4. The zero-order valence-electron chi connectivity index (χ0n) is 13.3. The van der Waals surface area contributed by atoms with Gasteiger partial charge in [-0.25, -0.2) is 4.39 Å². The van der Waals surface area contributed by atoms with Gasteiger partial charge in [-0.1, -0.05) is 12.1 Å². The first kappa shape index (κ1) is 17.6. The number of aliphatic hydroxyl groups is 1. The molecular formula is C17H20FN3O3. The maximum atomic E-state index is 12.8. The number of ether oxygens (including phenoxy) is 2. The van der Waals surface area contributed by atoms with E-state index in [4.69, 9.17) is 15.2 Å². The van der Waals surface area contributed by atoms with Crippen LogP contribution in [0.25, 0.3) is 0 Å². The molecule has 0 aliphatic heterocycles. The first-order chi connectivity index (χ1) is 11.6. The molecule has 0 radical (unpaired) electrons. The molecule has 128 valence electrons. The molecule has 0 saturated carbocycles. The number of hydrogen-bond acceptors (Lipinski definition) is 4. The summed E-state index contributed by atoms with van der Waals surface area (Å²) in [7, 11) is 1.56. The average Bonchev–Trinajstić information content (AvgIpc) is 2.60. The highest BCUT2D eigenvalue weighted by Crippen LogP contribution is 2.22. The summed E-state index contributed by atoms with van der Waals surface area (Å²) in [4.78, 5) is 4.06. The van der Waals surface area contributed by atoms with Gasteiger partial charge in [0.2, 0.25) is 0 Å². The molecule has 1 atom stereocenters. The van der Waals surface area contributed by atoms with Gasteiger partial charge in [-0.15, -0.1) is 0 Å². The SMILES string of the molecule is COc1ccccc1NC(N)=NCC(O)COc1ccc(F)cc1. The molecule has 0 spiro atoms. The van der Waals surface area contributed by atoms with Crippen molar-refractivity contribution in [3.8, 4) is 11.5 Å². The van der Waals surface area contributed by atoms with Crippen LogP contribution < -0.4 is 20.5 Å². The van der Waals surface area contributed by atoms with E-state index < -0.39 is 6.10 Å². The van der Waals surface area contributed by atoms with E-state index in [1.807, 2.05) is 12.1 Å². The van der Waals surface area contributed by atoms with Crippen LogP contribution in [-0.2, 0) is 0 Å². The molecule has 6 nitrogen and oxygen atoms in total. The molecular weight excluding hydrogens is 313 g/mol. The summed E-state index contributed by atoms with van der Waals surface area (Å²) in [5.41, 5.74) is 6.47. The molecule has 7 heteroatoms. The number of anilines is 1. The van der Waals surface area contributed by atoms with Gasteiger partial charge in [0, 0.05) is 0 Å². The smallest absolute Gasteiger partial charge is 0.193 e. The molecule has 0 aromatic heterocycles. The first-order valence-corrected chi connectivity index (χ1v) is 7.35. The Bertz CT molecular complexity index is 677. The summed E-state index contributed by atoms with van der Waals surface area (Å²) >= 11 is 0. The molecule has 0 aliphatic carbocycles. The predicted octanol–water partition coefficient (Wildman–Crippen LogP) is 2.00. The van der Waals surface area contributed by atoms with Crippen molar-refractivity contribution in [2.75, 3.05) is 25.6 Å². The molecule has 1 unspecified atom stereocenters. The van der Waals surface area contributed by atoms with Crippen molar-refractivity contribution in [1.82, 2.24) is 0 Å². The van der Waals surface area contributed by atoms with Crippen molar-refractivity contribution in [3.05, 3.63) is 54.3 Å². The minimum Gasteiger partial charge on any atom is -0.495 e. The first-order valence-electron chi connectivity index (χ1n) is 7.35. The van der Waals surface area contributed by atoms with Gasteiger partial charge in [0.15, 0.2) is 5.96 Å². The molecule has 4 N–H and O–H groups in total. The van der Waals surface area contributed by atoms with Crippen molar-refractivity contribution >= 4 is 11.6 Å². The summed E-state index contributed by atoms with van der Waals surface area (Å²) in [5, 5.41) is 12.8. The normalized spacial score (nSPS) is 12.5. The fourth-order valence-corrected chi connectivity index (χ4v) is 1.91. The fourth-order valence-electron chi connectivity index (χ4n) is 1.91. The second-order valence-electron chi connectivity index (χ2n) is 4.97. The van der Waals surface area contributed by atoms with Crippen LogP contribution in [0.3, 0.4) is 0 Å². The number of benzene rings is 2. The van der Waals surface area contributed by atoms with Gasteiger partial charge < -0.3 is 25.6 Å². The second kappa shape index (κ2) is 8.73. The number of halogens is 1. The minimum atomic E-state index is -0.840. The number of nitrogens with two attached hydrogens (primary N) is 1. The van der Waals surface area contributed by atoms with Crippen LogP contribution in [0.2, 0.25) is 0 Å². The molecule has 0 fully saturated rings. The van der Waals surface area contributed by atoms with E-state index in [2.05, 4.69) is 10.3 Å². The Morgan fingerprint density at radius 2 is 1.96 bits per heavy atom. The van der Waals surface area contributed by atoms with Crippen molar-refractivity contribution in [1.29, 1.82) is 0 Å². The van der Waals surface area contributed by atoms with Gasteiger partial charge in [0.05, 0.1) is 19.3 Å². The van der Waals surface area contributed by atoms with Gasteiger partial charge in [0.25, 0.3) is 0 Å². The summed E-state index contributed by atoms with van der Waals surface area (Å²) in [5.74, 6) is 0.915. The number of nitrogens with zero attached hydrogens (tertiary/aromatic N) is 1. The van der Waals surface area contributed by atoms with Crippen LogP contribution >= 0.6 is 0 Å². The lowest BCUT2D eigenvalue weighted by Gasteiger charge is -2.12. The Morgan fingerprint density at radius 3 is 2.67 bits per heavy atom. The molecule has 0 aliphatic rings. The molecule has 24 heavy (non-hydrogen) atoms. The van der Waals surface area contributed by atoms with Gasteiger partial charge in [0.1, 0.15) is 30.0 Å². The van der Waals surface area contributed by atoms with Crippen LogP contribution in [0.1, 0.15) is 0 Å². The average molecular weight is 333 g/mol. The molecule has 0 saturated heterocycles. The maximum absolute atomic E-state index is 12.8. The molecule has 2 aromatic carbocycles. The third-order valence-corrected chi connectivity index (χ3v) is 3.10. The summed E-state index contributed by atoms with van der Waals surface area (Å²) in [6.45, 7) is 0.0895. The molecule has 0 bridgehead atoms. The Balaban J connectivity index is 1.81. The number of nitrogens with one attached hydrogen (secondary N) is 1. The van der Waals surface area contributed by atoms with Gasteiger partial charge in [-0.2, -0.15) is 0 Å². The number of aliphatic hydroxyl groups excluding tert-OH is 1. The summed E-state index contributed by atoms with van der Waals surface area (Å²) in [6, 6.07) is 12.8. The van der Waals surface area contributed by atoms with Crippen LogP contribution in [0.4, 0.5) is 10.1 Å². The fraction of sp³-hybridized carbons (Fsp3) is 0.235. The number of hydrogen-bond donors (Lipinski definition) is 3. The van der Waals surface area contributed by atoms with E-state index in [1.54, 1.807) is 19.2 Å². The predicted molar refractivity (Wildman–Crippen MR) is 91.0 cm³/mol. The molecule has 2 rings (SSSR count). The zero-order valence-corrected chi connectivity index (χ0v) is 13.3. The van der Waals surface area contributed by atoms with Crippen LogP contribution in [-0.4, -0.2) is 37.4 Å². The Morgan fingerprint density at radius 1 is 1.25 bits per heavy atom. The van der Waals surface area contributed by atoms with Crippen molar-refractivity contribution in [2.24, 2.45) is 10.7 Å². The van der Waals surface area contributed by atoms with Gasteiger partial charge in [-0.05, 0) is 36.4 Å². The molecule has 0 amide bonds. The number of aliphatic imine (C=N–C) groups is 1. The van der Waals surface area contributed by atoms with E-state index in [0.29, 0.717) is 17.2 Å². The standard InChI is InChI=1S/C17H20FN3O3/c1-23-16-5-3-2-4-15(16)21-17(19)20-10-13(22)11-24-14-8-6-12(18)7-9-14/h2-9,13,22H,10-11H2,1H3,(H3,19,20,21). The highest BCUT2D eigenvalue weighted by Gasteiger charge is 2.06. The van der Waals surface area contributed by atoms with Gasteiger partial charge in [-0.3, -0.25) is 4.99 Å². The lowest BCUT2D eigenvalue weighted by Crippen LogP contribution is -2.27. The van der Waals surface area contributed by atoms with Crippen molar-refractivity contribution in [3.63, 3.8) is 0 Å². The highest BCUT2D eigenvalue weighted by molar-refractivity contribution is 5.93. The Kier molecular flexibility index (Phi) is 6.39. The van der Waals surface area contributed by atoms with Crippen molar-refractivity contribution in [2.45, 2.75) is 6.10 Å². The Hall–Kier alpha value is -2.80. The minimum absolute atomic E-state index is 0.0249. The second-order valence-corrected chi connectivity index (χ2v) is 4.97. The van der Waals surface area contributed by atoms with E-state index >= 15 is 0 Å². The highest BCUT2D eigenvalue weighted by atomic mass is 19.1. The molecule has 0 heterocycles. The van der Waals surface area contributed by atoms with Crippen LogP contribution in [0.15, 0.2) is 53.5 Å². The monoisotopic (exact) mass is 333 g/mol. The quantitative estimate of drug-likeness (QED) is 0.533. The third kappa shape index (κ3) is 5.44. The van der Waals surface area contributed by atoms with E-state index in [0.717, 1.165) is 0 Å². The largest absolute Gasteiger partial charge is 0.495 e. The number of methoxy groups -OCH3 is 1. The van der Waals surface area contributed by atoms with E-state index in [1.165, 1.54) is 24.3 Å².